The highest BCUT2D eigenvalue weighted by atomic mass is 127. The molecule has 0 radical (unpaired) electrons. The minimum atomic E-state index is -0.536. The molecule has 2 atom stereocenters. The first-order valence-electron chi connectivity index (χ1n) is 8.93. The van der Waals surface area contributed by atoms with Gasteiger partial charge in [0, 0.05) is 31.8 Å². The lowest BCUT2D eigenvalue weighted by Gasteiger charge is -2.18. The third kappa shape index (κ3) is 5.98. The summed E-state index contributed by atoms with van der Waals surface area (Å²) >= 11 is 9.47. The molecule has 3 aromatic rings. The van der Waals surface area contributed by atoms with Gasteiger partial charge in [0.2, 0.25) is 0 Å². The first-order valence-corrected chi connectivity index (χ1v) is 14.5. The summed E-state index contributed by atoms with van der Waals surface area (Å²) in [4.78, 5) is 14.0. The van der Waals surface area contributed by atoms with Crippen LogP contribution in [0.4, 0.5) is 0 Å². The van der Waals surface area contributed by atoms with Crippen molar-refractivity contribution < 1.29 is 14.1 Å². The number of hydrogen-bond donors (Lipinski definition) is 1. The number of halogens is 2. The Balaban J connectivity index is 1.93. The van der Waals surface area contributed by atoms with Gasteiger partial charge in [0.15, 0.2) is 5.78 Å². The molecule has 29 heavy (non-hydrogen) atoms. The van der Waals surface area contributed by atoms with E-state index in [0.717, 1.165) is 11.1 Å². The summed E-state index contributed by atoms with van der Waals surface area (Å²) in [6, 6.07) is 19.7. The first-order chi connectivity index (χ1) is 14.4. The molecule has 3 aromatic carbocycles. The molecule has 0 bridgehead atoms. The molecule has 1 N–H and O–H groups in total. The Morgan fingerprint density at radius 1 is 1.24 bits per heavy atom. The van der Waals surface area contributed by atoms with Crippen molar-refractivity contribution in [2.45, 2.75) is 17.1 Å². The average molecular weight is 577 g/mol. The molecule has 0 aliphatic rings. The van der Waals surface area contributed by atoms with Crippen LogP contribution in [0.5, 0.6) is 11.5 Å². The quantitative estimate of drug-likeness (QED) is 0.138. The summed E-state index contributed by atoms with van der Waals surface area (Å²) in [6.45, 7) is 1.86. The van der Waals surface area contributed by atoms with Crippen molar-refractivity contribution >= 4 is 65.8 Å². The maximum Gasteiger partial charge on any atom is 0.180 e. The topological polar surface area (TPSA) is 46.5 Å². The van der Waals surface area contributed by atoms with Crippen LogP contribution in [0, 0.1) is 6.92 Å². The van der Waals surface area contributed by atoms with Crippen LogP contribution in [0.25, 0.3) is 0 Å². The number of Topliss-reactive ketones (excluding diaryl/α,β-unsaturated/α-hetero) is 1. The zero-order valence-electron chi connectivity index (χ0n) is 16.2. The molecule has 3 rings (SSSR count). The fourth-order valence-corrected chi connectivity index (χ4v) is 5.20. The van der Waals surface area contributed by atoms with Crippen molar-refractivity contribution in [3.8, 4) is 11.5 Å². The van der Waals surface area contributed by atoms with Gasteiger partial charge in [-0.3, -0.25) is 4.79 Å². The molecule has 0 saturated heterocycles. The number of benzene rings is 3. The van der Waals surface area contributed by atoms with E-state index in [4.69, 9.17) is 17.1 Å². The molecule has 0 aliphatic carbocycles. The summed E-state index contributed by atoms with van der Waals surface area (Å²) in [7, 11) is -0.125. The summed E-state index contributed by atoms with van der Waals surface area (Å²) in [5.74, 6) is 0.604. The molecule has 8 heteroatoms. The lowest BCUT2D eigenvalue weighted by molar-refractivity contribution is 0.0989. The maximum absolute atomic E-state index is 13.4. The number of phenols is 1. The Morgan fingerprint density at radius 2 is 1.93 bits per heavy atom. The molecule has 0 amide bonds. The maximum atomic E-state index is 13.4. The number of carbonyl (C=O) groups is 1. The number of hydrogen-bond acceptors (Lipinski definition) is 4. The van der Waals surface area contributed by atoms with E-state index in [1.165, 1.54) is 17.8 Å². The van der Waals surface area contributed by atoms with E-state index in [1.54, 1.807) is 30.3 Å². The number of rotatable bonds is 7. The number of thioether (sulfide) groups is 1. The second-order valence-electron chi connectivity index (χ2n) is 6.16. The standard InChI is InChI=1S/C21H17ClIO3PS2/c1-13-11-19(18(24)12-17(13)22)28-21(15-5-3-2-4-6-15)20(25)14-7-9-16(10-8-14)26-29(23)27/h2-12,21,24,27H,1H3/i27T. The SMILES string of the molecule is [3H]P=S(I)Oc1ccc(C(=O)C(Sc2cc(C)c(Cl)cc2O)c2ccccc2)cc1. The third-order valence-electron chi connectivity index (χ3n) is 4.13. The molecule has 3 nitrogen and oxygen atoms in total. The second kappa shape index (κ2) is 10.3. The largest absolute Gasteiger partial charge is 0.507 e. The van der Waals surface area contributed by atoms with E-state index in [2.05, 4.69) is 21.2 Å². The Morgan fingerprint density at radius 3 is 2.59 bits per heavy atom. The Kier molecular flexibility index (Phi) is 7.54. The normalized spacial score (nSPS) is 13.6. The van der Waals surface area contributed by atoms with E-state index >= 15 is 0 Å². The summed E-state index contributed by atoms with van der Waals surface area (Å²) in [5, 5.41) is 10.3. The van der Waals surface area contributed by atoms with Crippen molar-refractivity contribution in [1.82, 2.24) is 0 Å². The van der Waals surface area contributed by atoms with E-state index < -0.39 is 12.8 Å². The minimum Gasteiger partial charge on any atom is -0.507 e. The van der Waals surface area contributed by atoms with Gasteiger partial charge in [0.1, 0.15) is 12.8 Å². The first kappa shape index (κ1) is 21.2. The number of aryl methyl sites for hydroxylation is 1. The number of phenolic OH excluding ortho intramolecular Hbond substituents is 1. The van der Waals surface area contributed by atoms with Crippen molar-refractivity contribution in [3.63, 3.8) is 0 Å². The van der Waals surface area contributed by atoms with E-state index in [-0.39, 0.29) is 11.5 Å². The van der Waals surface area contributed by atoms with Crippen molar-refractivity contribution in [3.05, 3.63) is 88.4 Å². The van der Waals surface area contributed by atoms with Gasteiger partial charge in [-0.1, -0.05) is 41.9 Å². The Hall–Kier alpha value is -1.05. The summed E-state index contributed by atoms with van der Waals surface area (Å²) in [6.07, 6.45) is 0. The fourth-order valence-electron chi connectivity index (χ4n) is 2.67. The zero-order valence-corrected chi connectivity index (χ0v) is 20.7. The fraction of sp³-hybridized carbons (Fsp3) is 0.0952. The van der Waals surface area contributed by atoms with Crippen LogP contribution in [-0.4, -0.2) is 12.2 Å². The average Bonchev–Trinajstić information content (AvgIpc) is 2.76. The van der Waals surface area contributed by atoms with Gasteiger partial charge in [-0.05, 0) is 62.4 Å². The predicted octanol–water partition coefficient (Wildman–Crippen LogP) is 7.39. The zero-order chi connectivity index (χ0) is 21.7. The van der Waals surface area contributed by atoms with Gasteiger partial charge in [0.05, 0.1) is 17.7 Å². The minimum absolute atomic E-state index is 0.0525. The van der Waals surface area contributed by atoms with Crippen LogP contribution < -0.4 is 4.18 Å². The van der Waals surface area contributed by atoms with Gasteiger partial charge >= 0.3 is 0 Å². The molecule has 150 valence electrons. The molecular formula is C21H17ClIO3PS2. The van der Waals surface area contributed by atoms with Crippen molar-refractivity contribution in [2.75, 3.05) is 0 Å². The number of carbonyl (C=O) groups excluding carboxylic acids is 1. The Bertz CT molecular complexity index is 1080. The van der Waals surface area contributed by atoms with Crippen molar-refractivity contribution in [1.29, 1.82) is 1.28 Å². The van der Waals surface area contributed by atoms with Gasteiger partial charge in [-0.15, -0.1) is 11.8 Å². The van der Waals surface area contributed by atoms with Gasteiger partial charge < -0.3 is 9.29 Å². The molecular weight excluding hydrogens is 558 g/mol. The Labute approximate surface area is 197 Å². The van der Waals surface area contributed by atoms with Crippen molar-refractivity contribution in [2.24, 2.45) is 0 Å². The second-order valence-corrected chi connectivity index (χ2v) is 13.8. The summed E-state index contributed by atoms with van der Waals surface area (Å²) in [5.41, 5.74) is 2.23. The third-order valence-corrected chi connectivity index (χ3v) is 6.93. The molecule has 0 fully saturated rings. The predicted molar refractivity (Wildman–Crippen MR) is 134 cm³/mol. The highest BCUT2D eigenvalue weighted by Crippen LogP contribution is 2.43. The van der Waals surface area contributed by atoms with E-state index in [9.17, 15) is 9.90 Å². The molecule has 2 unspecified atom stereocenters. The van der Waals surface area contributed by atoms with Gasteiger partial charge in [-0.25, -0.2) is 0 Å². The molecule has 0 aromatic heterocycles. The molecule has 0 aliphatic heterocycles. The lowest BCUT2D eigenvalue weighted by Crippen LogP contribution is -2.10. The van der Waals surface area contributed by atoms with Gasteiger partial charge in [-0.2, -0.15) is 0 Å². The van der Waals surface area contributed by atoms with Crippen LogP contribution in [0.3, 0.4) is 0 Å². The molecule has 0 saturated carbocycles. The summed E-state index contributed by atoms with van der Waals surface area (Å²) < 4.78 is 13.0. The van der Waals surface area contributed by atoms with Gasteiger partial charge in [0.25, 0.3) is 0 Å². The number of aromatic hydroxyl groups is 1. The smallest absolute Gasteiger partial charge is 0.180 e. The van der Waals surface area contributed by atoms with Crippen LogP contribution in [0.15, 0.2) is 71.6 Å². The highest BCUT2D eigenvalue weighted by molar-refractivity contribution is 14.2. The monoisotopic (exact) mass is 576 g/mol. The lowest BCUT2D eigenvalue weighted by atomic mass is 10.0. The van der Waals surface area contributed by atoms with Crippen LogP contribution in [-0.2, 0) is 7.53 Å². The van der Waals surface area contributed by atoms with E-state index in [0.29, 0.717) is 29.2 Å². The highest BCUT2D eigenvalue weighted by Gasteiger charge is 2.25. The van der Waals surface area contributed by atoms with E-state index in [1.807, 2.05) is 37.3 Å². The molecule has 0 heterocycles. The molecule has 0 spiro atoms. The number of ketones is 1. The van der Waals surface area contributed by atoms with Crippen LogP contribution >= 0.6 is 52.5 Å². The van der Waals surface area contributed by atoms with Crippen LogP contribution in [0.1, 0.15) is 26.7 Å². The van der Waals surface area contributed by atoms with Crippen LogP contribution in [0.2, 0.25) is 5.02 Å².